The third-order valence-electron chi connectivity index (χ3n) is 5.46. The number of rotatable bonds is 4. The minimum atomic E-state index is -1.94. The van der Waals surface area contributed by atoms with Gasteiger partial charge >= 0.3 is 0 Å². The predicted octanol–water partition coefficient (Wildman–Crippen LogP) is 5.47. The van der Waals surface area contributed by atoms with Gasteiger partial charge in [0, 0.05) is 17.4 Å². The van der Waals surface area contributed by atoms with Gasteiger partial charge in [-0.05, 0) is 29.8 Å². The van der Waals surface area contributed by atoms with Crippen LogP contribution in [0.25, 0.3) is 10.9 Å². The third-order valence-corrected chi connectivity index (χ3v) is 9.54. The smallest absolute Gasteiger partial charge is 0.117 e. The highest BCUT2D eigenvalue weighted by Gasteiger charge is 2.33. The molecule has 1 heterocycles. The number of hydrogen-bond donors (Lipinski definition) is 0. The van der Waals surface area contributed by atoms with Crippen LogP contribution in [0.3, 0.4) is 0 Å². The summed E-state index contributed by atoms with van der Waals surface area (Å²) >= 11 is 7.09. The molecule has 0 bridgehead atoms. The predicted molar refractivity (Wildman–Crippen MR) is 120 cm³/mol. The van der Waals surface area contributed by atoms with Crippen molar-refractivity contribution in [3.8, 4) is 0 Å². The maximum Gasteiger partial charge on any atom is 0.117 e. The summed E-state index contributed by atoms with van der Waals surface area (Å²) in [5, 5.41) is 4.94. The van der Waals surface area contributed by atoms with E-state index < -0.39 is 8.07 Å². The Kier molecular flexibility index (Phi) is 4.71. The van der Waals surface area contributed by atoms with Gasteiger partial charge < -0.3 is 4.57 Å². The molecule has 1 aromatic heterocycles. The molecule has 3 heteroatoms. The van der Waals surface area contributed by atoms with E-state index in [0.717, 1.165) is 11.7 Å². The standard InChI is InChI=1S/C24H24ClNSi/c1-18-14-15-22-21(16-18)23(27(2,3)20-12-8-5-9-13-20)24(25)26(22)17-19-10-6-4-7-11-19/h4-16H,17H2,1-3H3. The van der Waals surface area contributed by atoms with Crippen molar-refractivity contribution in [3.05, 3.63) is 95.1 Å². The summed E-state index contributed by atoms with van der Waals surface area (Å²) in [6.07, 6.45) is 0. The molecule has 1 nitrogen and oxygen atoms in total. The van der Waals surface area contributed by atoms with Crippen molar-refractivity contribution in [1.29, 1.82) is 0 Å². The first-order valence-electron chi connectivity index (χ1n) is 9.37. The van der Waals surface area contributed by atoms with Crippen LogP contribution in [0.5, 0.6) is 0 Å². The summed E-state index contributed by atoms with van der Waals surface area (Å²) in [5.74, 6) is 0. The number of benzene rings is 3. The van der Waals surface area contributed by atoms with Gasteiger partial charge in [0.1, 0.15) is 13.2 Å². The molecule has 0 aliphatic rings. The molecule has 0 saturated carbocycles. The van der Waals surface area contributed by atoms with Crippen LogP contribution in [0, 0.1) is 6.92 Å². The summed E-state index contributed by atoms with van der Waals surface area (Å²) in [6.45, 7) is 7.75. The van der Waals surface area contributed by atoms with Crippen molar-refractivity contribution in [3.63, 3.8) is 0 Å². The summed E-state index contributed by atoms with van der Waals surface area (Å²) < 4.78 is 2.28. The van der Waals surface area contributed by atoms with Crippen molar-refractivity contribution >= 4 is 41.0 Å². The Hall–Kier alpha value is -2.29. The Morgan fingerprint density at radius 2 is 1.48 bits per heavy atom. The van der Waals surface area contributed by atoms with Gasteiger partial charge in [0.05, 0.1) is 0 Å². The summed E-state index contributed by atoms with van der Waals surface area (Å²) in [7, 11) is -1.94. The largest absolute Gasteiger partial charge is 0.327 e. The van der Waals surface area contributed by atoms with E-state index in [4.69, 9.17) is 11.6 Å². The van der Waals surface area contributed by atoms with E-state index in [-0.39, 0.29) is 0 Å². The number of halogens is 1. The summed E-state index contributed by atoms with van der Waals surface area (Å²) in [6, 6.07) is 28.1. The fourth-order valence-electron chi connectivity index (χ4n) is 3.95. The molecule has 0 radical (unpaired) electrons. The SMILES string of the molecule is Cc1ccc2c(c1)c([Si](C)(C)c1ccccc1)c(Cl)n2Cc1ccccc1. The Morgan fingerprint density at radius 3 is 2.15 bits per heavy atom. The molecule has 27 heavy (non-hydrogen) atoms. The average Bonchev–Trinajstić information content (AvgIpc) is 2.95. The van der Waals surface area contributed by atoms with E-state index in [1.165, 1.54) is 32.4 Å². The van der Waals surface area contributed by atoms with Gasteiger partial charge in [0.2, 0.25) is 0 Å². The Labute approximate surface area is 167 Å². The fourth-order valence-corrected chi connectivity index (χ4v) is 7.75. The molecule has 136 valence electrons. The average molecular weight is 390 g/mol. The van der Waals surface area contributed by atoms with Crippen LogP contribution in [-0.4, -0.2) is 12.6 Å². The minimum absolute atomic E-state index is 0.790. The molecule has 4 rings (SSSR count). The highest BCUT2D eigenvalue weighted by atomic mass is 35.5. The maximum atomic E-state index is 7.09. The van der Waals surface area contributed by atoms with E-state index in [0.29, 0.717) is 0 Å². The van der Waals surface area contributed by atoms with Gasteiger partial charge in [-0.2, -0.15) is 0 Å². The Balaban J connectivity index is 1.96. The zero-order chi connectivity index (χ0) is 19.0. The summed E-state index contributed by atoms with van der Waals surface area (Å²) in [4.78, 5) is 0. The molecule has 0 saturated heterocycles. The van der Waals surface area contributed by atoms with Crippen LogP contribution in [0.1, 0.15) is 11.1 Å². The topological polar surface area (TPSA) is 4.93 Å². The highest BCUT2D eigenvalue weighted by molar-refractivity contribution is 7.02. The van der Waals surface area contributed by atoms with Crippen LogP contribution in [0.2, 0.25) is 18.2 Å². The molecule has 0 amide bonds. The van der Waals surface area contributed by atoms with E-state index in [1.807, 2.05) is 0 Å². The highest BCUT2D eigenvalue weighted by Crippen LogP contribution is 2.27. The number of hydrogen-bond acceptors (Lipinski definition) is 0. The number of aromatic nitrogens is 1. The van der Waals surface area contributed by atoms with Gasteiger partial charge in [-0.15, -0.1) is 0 Å². The first kappa shape index (κ1) is 18.1. The molecule has 4 aromatic rings. The second kappa shape index (κ2) is 7.03. The van der Waals surface area contributed by atoms with Crippen molar-refractivity contribution in [1.82, 2.24) is 4.57 Å². The number of fused-ring (bicyclic) bond motifs is 1. The Bertz CT molecular complexity index is 1080. The number of aryl methyl sites for hydroxylation is 1. The molecule has 0 spiro atoms. The van der Waals surface area contributed by atoms with Crippen molar-refractivity contribution in [2.24, 2.45) is 0 Å². The second-order valence-corrected chi connectivity index (χ2v) is 12.4. The molecular formula is C24H24ClNSi. The van der Waals surface area contributed by atoms with Crippen molar-refractivity contribution in [2.45, 2.75) is 26.6 Å². The molecule has 0 fully saturated rings. The molecule has 0 aliphatic carbocycles. The lowest BCUT2D eigenvalue weighted by molar-refractivity contribution is 0.839. The molecular weight excluding hydrogens is 366 g/mol. The van der Waals surface area contributed by atoms with Gasteiger partial charge in [0.15, 0.2) is 0 Å². The van der Waals surface area contributed by atoms with Crippen LogP contribution in [-0.2, 0) is 6.54 Å². The molecule has 0 N–H and O–H groups in total. The normalized spacial score (nSPS) is 11.9. The van der Waals surface area contributed by atoms with Gasteiger partial charge in [0.25, 0.3) is 0 Å². The van der Waals surface area contributed by atoms with Crippen LogP contribution in [0.4, 0.5) is 0 Å². The lowest BCUT2D eigenvalue weighted by Crippen LogP contribution is -2.53. The van der Waals surface area contributed by atoms with Crippen LogP contribution < -0.4 is 10.4 Å². The first-order valence-corrected chi connectivity index (χ1v) is 12.7. The molecule has 0 aliphatic heterocycles. The lowest BCUT2D eigenvalue weighted by atomic mass is 10.2. The molecule has 3 aromatic carbocycles. The van der Waals surface area contributed by atoms with Gasteiger partial charge in [-0.3, -0.25) is 0 Å². The van der Waals surface area contributed by atoms with E-state index in [2.05, 4.69) is 103 Å². The summed E-state index contributed by atoms with van der Waals surface area (Å²) in [5.41, 5.74) is 3.76. The van der Waals surface area contributed by atoms with Crippen LogP contribution >= 0.6 is 11.6 Å². The van der Waals surface area contributed by atoms with Gasteiger partial charge in [-0.1, -0.05) is 102 Å². The monoisotopic (exact) mass is 389 g/mol. The molecule has 0 unspecified atom stereocenters. The maximum absolute atomic E-state index is 7.09. The van der Waals surface area contributed by atoms with Crippen molar-refractivity contribution < 1.29 is 0 Å². The van der Waals surface area contributed by atoms with E-state index in [9.17, 15) is 0 Å². The van der Waals surface area contributed by atoms with Gasteiger partial charge in [-0.25, -0.2) is 0 Å². The third kappa shape index (κ3) is 3.24. The molecule has 0 atom stereocenters. The Morgan fingerprint density at radius 1 is 0.852 bits per heavy atom. The lowest BCUT2D eigenvalue weighted by Gasteiger charge is -2.24. The number of nitrogens with zero attached hydrogens (tertiary/aromatic N) is 1. The zero-order valence-electron chi connectivity index (χ0n) is 16.0. The zero-order valence-corrected chi connectivity index (χ0v) is 17.8. The second-order valence-electron chi connectivity index (χ2n) is 7.75. The fraction of sp³-hybridized carbons (Fsp3) is 0.167. The van der Waals surface area contributed by atoms with E-state index in [1.54, 1.807) is 0 Å². The van der Waals surface area contributed by atoms with Crippen molar-refractivity contribution in [2.75, 3.05) is 0 Å². The van der Waals surface area contributed by atoms with E-state index >= 15 is 0 Å². The first-order chi connectivity index (χ1) is 13.0. The quantitative estimate of drug-likeness (QED) is 0.407. The van der Waals surface area contributed by atoms with Crippen LogP contribution in [0.15, 0.2) is 78.9 Å². The minimum Gasteiger partial charge on any atom is -0.327 e.